The number of sulfonamides is 1. The summed E-state index contributed by atoms with van der Waals surface area (Å²) in [6.07, 6.45) is -0.562. The number of hydrogen-bond acceptors (Lipinski definition) is 5. The molecule has 0 aromatic heterocycles. The van der Waals surface area contributed by atoms with E-state index in [2.05, 4.69) is 9.62 Å². The fraction of sp³-hybridized carbons (Fsp3) is 0.139. The molecule has 1 aliphatic heterocycles. The highest BCUT2D eigenvalue weighted by molar-refractivity contribution is 7.92. The van der Waals surface area contributed by atoms with E-state index in [1.54, 1.807) is 41.3 Å². The van der Waals surface area contributed by atoms with Gasteiger partial charge in [0.05, 0.1) is 22.8 Å². The van der Waals surface area contributed by atoms with E-state index in [4.69, 9.17) is 16.3 Å². The van der Waals surface area contributed by atoms with Crippen LogP contribution in [0.25, 0.3) is 0 Å². The number of amides is 1. The lowest BCUT2D eigenvalue weighted by molar-refractivity contribution is 0.0968. The Bertz CT molecular complexity index is 1920. The molecule has 5 aromatic carbocycles. The summed E-state index contributed by atoms with van der Waals surface area (Å²) in [6, 6.07) is 36.6. The summed E-state index contributed by atoms with van der Waals surface area (Å²) in [4.78, 5) is 18.4. The van der Waals surface area contributed by atoms with Crippen LogP contribution in [0.2, 0.25) is 5.02 Å². The van der Waals surface area contributed by atoms with Crippen LogP contribution in [-0.2, 0) is 16.6 Å². The molecule has 1 amide bonds. The van der Waals surface area contributed by atoms with E-state index >= 15 is 0 Å². The van der Waals surface area contributed by atoms with Crippen molar-refractivity contribution in [3.8, 4) is 5.75 Å². The van der Waals surface area contributed by atoms with Crippen LogP contribution in [0.5, 0.6) is 5.75 Å². The van der Waals surface area contributed by atoms with Gasteiger partial charge >= 0.3 is 0 Å². The Kier molecular flexibility index (Phi) is 8.52. The second kappa shape index (κ2) is 12.7. The van der Waals surface area contributed by atoms with Crippen LogP contribution < -0.4 is 19.3 Å². The van der Waals surface area contributed by atoms with Crippen LogP contribution >= 0.6 is 11.6 Å². The Balaban J connectivity index is 1.51. The normalized spacial score (nSPS) is 14.6. The van der Waals surface area contributed by atoms with Gasteiger partial charge in [0.1, 0.15) is 11.9 Å². The number of nitrogens with zero attached hydrogens (tertiary/aromatic N) is 2. The molecule has 7 nitrogen and oxygen atoms in total. The van der Waals surface area contributed by atoms with Crippen molar-refractivity contribution in [1.29, 1.82) is 0 Å². The lowest BCUT2D eigenvalue weighted by Crippen LogP contribution is -2.49. The Labute approximate surface area is 268 Å². The third-order valence-electron chi connectivity index (χ3n) is 7.67. The van der Waals surface area contributed by atoms with Crippen molar-refractivity contribution in [3.05, 3.63) is 149 Å². The van der Waals surface area contributed by atoms with Crippen LogP contribution in [0.4, 0.5) is 17.1 Å². The van der Waals surface area contributed by atoms with Crippen molar-refractivity contribution < 1.29 is 17.9 Å². The van der Waals surface area contributed by atoms with Crippen molar-refractivity contribution in [2.75, 3.05) is 21.1 Å². The van der Waals surface area contributed by atoms with E-state index in [-0.39, 0.29) is 16.4 Å². The SMILES string of the molecule is CCOc1ccc(N2C(=O)c3cc(S(=O)(=O)Nc4ccc(C)cc4)ccc3N(Cc3ccccc3)[C@H]2c2ccc(Cl)cc2)cc1. The van der Waals surface area contributed by atoms with Crippen LogP contribution in [0.3, 0.4) is 0 Å². The molecule has 1 N–H and O–H groups in total. The molecule has 0 fully saturated rings. The Hall–Kier alpha value is -4.79. The van der Waals surface area contributed by atoms with Crippen LogP contribution in [0.1, 0.15) is 40.1 Å². The summed E-state index contributed by atoms with van der Waals surface area (Å²) >= 11 is 6.28. The molecule has 1 heterocycles. The number of halogens is 1. The average molecular weight is 638 g/mol. The van der Waals surface area contributed by atoms with Gasteiger partial charge in [-0.25, -0.2) is 8.42 Å². The lowest BCUT2D eigenvalue weighted by atomic mass is 9.99. The molecule has 228 valence electrons. The molecule has 5 aromatic rings. The Morgan fingerprint density at radius 1 is 0.844 bits per heavy atom. The summed E-state index contributed by atoms with van der Waals surface area (Å²) < 4.78 is 35.4. The van der Waals surface area contributed by atoms with Crippen molar-refractivity contribution in [3.63, 3.8) is 0 Å². The zero-order valence-electron chi connectivity index (χ0n) is 24.9. The van der Waals surface area contributed by atoms with Crippen molar-refractivity contribution in [2.24, 2.45) is 0 Å². The maximum absolute atomic E-state index is 14.6. The first kappa shape index (κ1) is 30.2. The van der Waals surface area contributed by atoms with E-state index in [1.807, 2.05) is 92.7 Å². The number of nitrogens with one attached hydrogen (secondary N) is 1. The molecule has 0 saturated carbocycles. The number of rotatable bonds is 9. The third kappa shape index (κ3) is 6.38. The fourth-order valence-electron chi connectivity index (χ4n) is 5.50. The molecule has 9 heteroatoms. The van der Waals surface area contributed by atoms with Gasteiger partial charge in [-0.1, -0.05) is 71.8 Å². The maximum atomic E-state index is 14.6. The maximum Gasteiger partial charge on any atom is 0.262 e. The topological polar surface area (TPSA) is 78.9 Å². The number of anilines is 3. The van der Waals surface area contributed by atoms with Gasteiger partial charge in [-0.15, -0.1) is 0 Å². The van der Waals surface area contributed by atoms with E-state index < -0.39 is 16.2 Å². The zero-order chi connectivity index (χ0) is 31.6. The molecule has 0 radical (unpaired) electrons. The number of benzene rings is 5. The number of carbonyl (C=O) groups is 1. The van der Waals surface area contributed by atoms with Crippen molar-refractivity contribution in [1.82, 2.24) is 0 Å². The van der Waals surface area contributed by atoms with Crippen LogP contribution in [0.15, 0.2) is 126 Å². The number of hydrogen-bond donors (Lipinski definition) is 1. The highest BCUT2D eigenvalue weighted by Gasteiger charge is 2.40. The summed E-state index contributed by atoms with van der Waals surface area (Å²) in [5.74, 6) is 0.358. The first-order chi connectivity index (χ1) is 21.7. The predicted octanol–water partition coefficient (Wildman–Crippen LogP) is 8.21. The number of ether oxygens (including phenoxy) is 1. The molecule has 0 spiro atoms. The first-order valence-corrected chi connectivity index (χ1v) is 16.5. The molecule has 45 heavy (non-hydrogen) atoms. The third-order valence-corrected chi connectivity index (χ3v) is 9.30. The van der Waals surface area contributed by atoms with Crippen LogP contribution in [0, 0.1) is 6.92 Å². The summed E-state index contributed by atoms with van der Waals surface area (Å²) in [6.45, 7) is 4.81. The quantitative estimate of drug-likeness (QED) is 0.176. The molecule has 0 saturated heterocycles. The zero-order valence-corrected chi connectivity index (χ0v) is 26.4. The largest absolute Gasteiger partial charge is 0.494 e. The van der Waals surface area contributed by atoms with Crippen LogP contribution in [-0.4, -0.2) is 20.9 Å². The molecular formula is C36H32ClN3O4S. The molecule has 0 unspecified atom stereocenters. The Morgan fingerprint density at radius 3 is 2.20 bits per heavy atom. The van der Waals surface area contributed by atoms with E-state index in [1.165, 1.54) is 6.07 Å². The molecule has 1 atom stereocenters. The van der Waals surface area contributed by atoms with E-state index in [0.29, 0.717) is 41.0 Å². The molecule has 0 bridgehead atoms. The smallest absolute Gasteiger partial charge is 0.262 e. The summed E-state index contributed by atoms with van der Waals surface area (Å²) in [5.41, 5.74) is 4.87. The van der Waals surface area contributed by atoms with Gasteiger partial charge in [0, 0.05) is 22.9 Å². The van der Waals surface area contributed by atoms with Crippen molar-refractivity contribution in [2.45, 2.75) is 31.5 Å². The minimum Gasteiger partial charge on any atom is -0.494 e. The monoisotopic (exact) mass is 637 g/mol. The lowest BCUT2D eigenvalue weighted by Gasteiger charge is -2.46. The van der Waals surface area contributed by atoms with Gasteiger partial charge in [-0.3, -0.25) is 14.4 Å². The highest BCUT2D eigenvalue weighted by Crippen LogP contribution is 2.43. The molecule has 0 aliphatic carbocycles. The first-order valence-electron chi connectivity index (χ1n) is 14.6. The summed E-state index contributed by atoms with van der Waals surface area (Å²) in [7, 11) is -3.99. The van der Waals surface area contributed by atoms with E-state index in [0.717, 1.165) is 16.7 Å². The second-order valence-corrected chi connectivity index (χ2v) is 12.9. The molecular weight excluding hydrogens is 606 g/mol. The minimum atomic E-state index is -3.99. The van der Waals surface area contributed by atoms with Gasteiger partial charge in [-0.2, -0.15) is 0 Å². The standard InChI is InChI=1S/C36H32ClN3O4S/c1-3-44-31-19-17-30(18-20-31)40-35(27-11-13-28(37)14-12-27)39(24-26-7-5-4-6-8-26)34-22-21-32(23-33(34)36(40)41)45(42,43)38-29-15-9-25(2)10-16-29/h4-23,35,38H,3,24H2,1-2H3/t35-/m1/s1. The van der Waals surface area contributed by atoms with Gasteiger partial charge in [-0.05, 0) is 91.7 Å². The minimum absolute atomic E-state index is 0.00794. The van der Waals surface area contributed by atoms with Gasteiger partial charge in [0.25, 0.3) is 15.9 Å². The number of carbonyl (C=O) groups excluding carboxylic acids is 1. The second-order valence-electron chi connectivity index (χ2n) is 10.8. The molecule has 1 aliphatic rings. The van der Waals surface area contributed by atoms with E-state index in [9.17, 15) is 13.2 Å². The fourth-order valence-corrected chi connectivity index (χ4v) is 6.71. The molecule has 6 rings (SSSR count). The number of fused-ring (bicyclic) bond motifs is 1. The van der Waals surface area contributed by atoms with Gasteiger partial charge < -0.3 is 9.64 Å². The Morgan fingerprint density at radius 2 is 1.53 bits per heavy atom. The van der Waals surface area contributed by atoms with Gasteiger partial charge in [0.15, 0.2) is 0 Å². The predicted molar refractivity (Wildman–Crippen MR) is 180 cm³/mol. The highest BCUT2D eigenvalue weighted by atomic mass is 35.5. The number of aryl methyl sites for hydroxylation is 1. The summed E-state index contributed by atoms with van der Waals surface area (Å²) in [5, 5.41) is 0.583. The average Bonchev–Trinajstić information content (AvgIpc) is 3.05. The van der Waals surface area contributed by atoms with Gasteiger partial charge in [0.2, 0.25) is 0 Å². The van der Waals surface area contributed by atoms with Crippen molar-refractivity contribution >= 4 is 44.6 Å².